The lowest BCUT2D eigenvalue weighted by atomic mass is 10.1. The molecule has 20 heavy (non-hydrogen) atoms. The minimum atomic E-state index is -0.129. The lowest BCUT2D eigenvalue weighted by molar-refractivity contribution is 0.0933. The molecule has 1 atom stereocenters. The smallest absolute Gasteiger partial charge is 0.252 e. The van der Waals surface area contributed by atoms with Gasteiger partial charge >= 0.3 is 0 Å². The molecule has 6 heteroatoms. The van der Waals surface area contributed by atoms with E-state index in [0.717, 1.165) is 17.9 Å². The van der Waals surface area contributed by atoms with Gasteiger partial charge in [-0.3, -0.25) is 4.79 Å². The molecule has 0 aliphatic rings. The number of H-pyrrole nitrogens is 1. The molecule has 2 aromatic rings. The number of aromatic amines is 1. The standard InChI is InChI=1S/C14H19N5O/c1-4-11(13-16-5-6-17-13)19-14(20)10-7-9(2)18-12(8-10)15-3/h5-8,11H,4H2,1-3H3,(H,15,18)(H,16,17)(H,19,20). The molecule has 2 aromatic heterocycles. The summed E-state index contributed by atoms with van der Waals surface area (Å²) in [5, 5.41) is 5.92. The van der Waals surface area contributed by atoms with Crippen LogP contribution in [0.4, 0.5) is 5.82 Å². The minimum absolute atomic E-state index is 0.121. The Morgan fingerprint density at radius 2 is 2.25 bits per heavy atom. The highest BCUT2D eigenvalue weighted by molar-refractivity contribution is 5.95. The van der Waals surface area contributed by atoms with Crippen molar-refractivity contribution in [3.63, 3.8) is 0 Å². The first-order valence-corrected chi connectivity index (χ1v) is 6.60. The van der Waals surface area contributed by atoms with Crippen LogP contribution in [-0.4, -0.2) is 27.9 Å². The summed E-state index contributed by atoms with van der Waals surface area (Å²) in [6.45, 7) is 3.87. The summed E-state index contributed by atoms with van der Waals surface area (Å²) in [6, 6.07) is 3.38. The molecular formula is C14H19N5O. The third kappa shape index (κ3) is 3.14. The second kappa shape index (κ2) is 6.18. The van der Waals surface area contributed by atoms with Crippen LogP contribution in [0.3, 0.4) is 0 Å². The molecule has 0 saturated heterocycles. The van der Waals surface area contributed by atoms with Crippen molar-refractivity contribution in [1.82, 2.24) is 20.3 Å². The van der Waals surface area contributed by atoms with Crippen molar-refractivity contribution >= 4 is 11.7 Å². The van der Waals surface area contributed by atoms with E-state index in [9.17, 15) is 4.79 Å². The number of aromatic nitrogens is 3. The summed E-state index contributed by atoms with van der Waals surface area (Å²) < 4.78 is 0. The zero-order valence-corrected chi connectivity index (χ0v) is 11.9. The molecule has 0 fully saturated rings. The number of aryl methyl sites for hydroxylation is 1. The highest BCUT2D eigenvalue weighted by Crippen LogP contribution is 2.14. The number of nitrogens with one attached hydrogen (secondary N) is 3. The zero-order valence-electron chi connectivity index (χ0n) is 11.9. The molecular weight excluding hydrogens is 254 g/mol. The monoisotopic (exact) mass is 273 g/mol. The second-order valence-corrected chi connectivity index (χ2v) is 4.54. The third-order valence-electron chi connectivity index (χ3n) is 3.03. The molecule has 6 nitrogen and oxygen atoms in total. The van der Waals surface area contributed by atoms with Gasteiger partial charge in [-0.05, 0) is 25.5 Å². The van der Waals surface area contributed by atoms with Gasteiger partial charge in [-0.15, -0.1) is 0 Å². The third-order valence-corrected chi connectivity index (χ3v) is 3.03. The first-order valence-electron chi connectivity index (χ1n) is 6.60. The van der Waals surface area contributed by atoms with Crippen molar-refractivity contribution in [2.45, 2.75) is 26.3 Å². The van der Waals surface area contributed by atoms with E-state index in [1.165, 1.54) is 0 Å². The van der Waals surface area contributed by atoms with Gasteiger partial charge in [0.1, 0.15) is 11.6 Å². The summed E-state index contributed by atoms with van der Waals surface area (Å²) in [4.78, 5) is 23.8. The van der Waals surface area contributed by atoms with E-state index in [1.54, 1.807) is 31.6 Å². The molecule has 0 aromatic carbocycles. The summed E-state index contributed by atoms with van der Waals surface area (Å²) in [6.07, 6.45) is 4.20. The Morgan fingerprint density at radius 3 is 2.85 bits per heavy atom. The maximum atomic E-state index is 12.3. The Bertz CT molecular complexity index is 579. The molecule has 0 radical (unpaired) electrons. The molecule has 0 bridgehead atoms. The number of amides is 1. The largest absolute Gasteiger partial charge is 0.373 e. The van der Waals surface area contributed by atoms with Gasteiger partial charge < -0.3 is 15.6 Å². The lowest BCUT2D eigenvalue weighted by Gasteiger charge is -2.15. The molecule has 0 aliphatic carbocycles. The van der Waals surface area contributed by atoms with Gasteiger partial charge in [0.05, 0.1) is 6.04 Å². The number of imidazole rings is 1. The second-order valence-electron chi connectivity index (χ2n) is 4.54. The van der Waals surface area contributed by atoms with E-state index < -0.39 is 0 Å². The van der Waals surface area contributed by atoms with Crippen molar-refractivity contribution in [2.24, 2.45) is 0 Å². The number of carbonyl (C=O) groups is 1. The van der Waals surface area contributed by atoms with E-state index in [0.29, 0.717) is 11.4 Å². The van der Waals surface area contributed by atoms with Crippen molar-refractivity contribution in [3.8, 4) is 0 Å². The molecule has 0 spiro atoms. The van der Waals surface area contributed by atoms with Crippen molar-refractivity contribution in [3.05, 3.63) is 41.6 Å². The molecule has 1 unspecified atom stereocenters. The number of anilines is 1. The van der Waals surface area contributed by atoms with Crippen LogP contribution < -0.4 is 10.6 Å². The molecule has 2 heterocycles. The van der Waals surface area contributed by atoms with Gasteiger partial charge in [0.2, 0.25) is 0 Å². The number of nitrogens with zero attached hydrogens (tertiary/aromatic N) is 2. The van der Waals surface area contributed by atoms with Gasteiger partial charge in [0.15, 0.2) is 0 Å². The lowest BCUT2D eigenvalue weighted by Crippen LogP contribution is -2.29. The van der Waals surface area contributed by atoms with Gasteiger partial charge in [0, 0.05) is 30.7 Å². The topological polar surface area (TPSA) is 82.7 Å². The van der Waals surface area contributed by atoms with Crippen LogP contribution in [0.25, 0.3) is 0 Å². The van der Waals surface area contributed by atoms with Crippen LogP contribution in [0, 0.1) is 6.92 Å². The van der Waals surface area contributed by atoms with Crippen molar-refractivity contribution < 1.29 is 4.79 Å². The fourth-order valence-corrected chi connectivity index (χ4v) is 2.00. The number of rotatable bonds is 5. The van der Waals surface area contributed by atoms with E-state index in [-0.39, 0.29) is 11.9 Å². The Labute approximate surface area is 118 Å². The fraction of sp³-hybridized carbons (Fsp3) is 0.357. The van der Waals surface area contributed by atoms with Crippen molar-refractivity contribution in [1.29, 1.82) is 0 Å². The fourth-order valence-electron chi connectivity index (χ4n) is 2.00. The highest BCUT2D eigenvalue weighted by atomic mass is 16.1. The van der Waals surface area contributed by atoms with Gasteiger partial charge in [-0.2, -0.15) is 0 Å². The Balaban J connectivity index is 2.17. The normalized spacial score (nSPS) is 11.9. The van der Waals surface area contributed by atoms with Crippen LogP contribution >= 0.6 is 0 Å². The SMILES string of the molecule is CCC(NC(=O)c1cc(C)nc(NC)c1)c1ncc[nH]1. The predicted octanol–water partition coefficient (Wildman–Crippen LogP) is 2.04. The molecule has 106 valence electrons. The van der Waals surface area contributed by atoms with Crippen molar-refractivity contribution in [2.75, 3.05) is 12.4 Å². The first-order chi connectivity index (χ1) is 9.63. The zero-order chi connectivity index (χ0) is 14.5. The van der Waals surface area contributed by atoms with E-state index in [4.69, 9.17) is 0 Å². The Morgan fingerprint density at radius 1 is 1.45 bits per heavy atom. The van der Waals surface area contributed by atoms with Crippen LogP contribution in [-0.2, 0) is 0 Å². The maximum Gasteiger partial charge on any atom is 0.252 e. The summed E-state index contributed by atoms with van der Waals surface area (Å²) >= 11 is 0. The summed E-state index contributed by atoms with van der Waals surface area (Å²) in [7, 11) is 1.78. The maximum absolute atomic E-state index is 12.3. The first kappa shape index (κ1) is 14.0. The minimum Gasteiger partial charge on any atom is -0.373 e. The predicted molar refractivity (Wildman–Crippen MR) is 77.6 cm³/mol. The number of carbonyl (C=O) groups excluding carboxylic acids is 1. The van der Waals surface area contributed by atoms with E-state index >= 15 is 0 Å². The van der Waals surface area contributed by atoms with Crippen LogP contribution in [0.15, 0.2) is 24.5 Å². The molecule has 3 N–H and O–H groups in total. The molecule has 2 rings (SSSR count). The molecule has 0 saturated carbocycles. The Kier molecular flexibility index (Phi) is 4.34. The van der Waals surface area contributed by atoms with Crippen LogP contribution in [0.1, 0.15) is 41.3 Å². The number of hydrogen-bond acceptors (Lipinski definition) is 4. The number of pyridine rings is 1. The summed E-state index contributed by atoms with van der Waals surface area (Å²) in [5.74, 6) is 1.32. The van der Waals surface area contributed by atoms with Crippen LogP contribution in [0.2, 0.25) is 0 Å². The Hall–Kier alpha value is -2.37. The van der Waals surface area contributed by atoms with Gasteiger partial charge in [-0.1, -0.05) is 6.92 Å². The number of hydrogen-bond donors (Lipinski definition) is 3. The summed E-state index contributed by atoms with van der Waals surface area (Å²) in [5.41, 5.74) is 1.39. The van der Waals surface area contributed by atoms with Gasteiger partial charge in [0.25, 0.3) is 5.91 Å². The quantitative estimate of drug-likeness (QED) is 0.778. The van der Waals surface area contributed by atoms with E-state index in [2.05, 4.69) is 25.6 Å². The van der Waals surface area contributed by atoms with Crippen LogP contribution in [0.5, 0.6) is 0 Å². The average molecular weight is 273 g/mol. The van der Waals surface area contributed by atoms with Gasteiger partial charge in [-0.25, -0.2) is 9.97 Å². The average Bonchev–Trinajstić information content (AvgIpc) is 2.97. The molecule has 1 amide bonds. The highest BCUT2D eigenvalue weighted by Gasteiger charge is 2.16. The molecule has 0 aliphatic heterocycles. The van der Waals surface area contributed by atoms with E-state index in [1.807, 2.05) is 13.8 Å².